The van der Waals surface area contributed by atoms with Crippen molar-refractivity contribution in [2.75, 3.05) is 55.7 Å². The number of carbonyl (C=O) groups excluding carboxylic acids is 1. The van der Waals surface area contributed by atoms with Crippen LogP contribution >= 0.6 is 12.2 Å². The summed E-state index contributed by atoms with van der Waals surface area (Å²) in [5, 5.41) is 17.9. The number of rotatable bonds is 8. The molecule has 4 rings (SSSR count). The molecule has 2 saturated heterocycles. The molecule has 2 fully saturated rings. The number of aliphatic carboxylic acids is 1. The number of nitriles is 1. The van der Waals surface area contributed by atoms with Crippen LogP contribution in [0.1, 0.15) is 25.1 Å². The minimum absolute atomic E-state index is 0.0228. The lowest BCUT2D eigenvalue weighted by Gasteiger charge is -2.33. The highest BCUT2D eigenvalue weighted by molar-refractivity contribution is 7.81. The third kappa shape index (κ3) is 6.01. The van der Waals surface area contributed by atoms with Gasteiger partial charge in [-0.15, -0.1) is 0 Å². The SMILES string of the molecule is CC1(C)C(=O)N(c2cnc(C#N)c(C(F)(F)F)c2)C(=S)N1c1ccc(OCCN2CCN(CC(=O)O)CC2)cc1. The van der Waals surface area contributed by atoms with Crippen molar-refractivity contribution in [3.05, 3.63) is 47.8 Å². The molecule has 0 spiro atoms. The molecular formula is C26H27F3N6O4S. The number of halogens is 3. The number of pyridine rings is 1. The molecule has 212 valence electrons. The summed E-state index contributed by atoms with van der Waals surface area (Å²) in [4.78, 5) is 34.4. The smallest absolute Gasteiger partial charge is 0.419 e. The first-order valence-electron chi connectivity index (χ1n) is 12.4. The van der Waals surface area contributed by atoms with Gasteiger partial charge in [0.25, 0.3) is 5.91 Å². The van der Waals surface area contributed by atoms with Gasteiger partial charge in [0.2, 0.25) is 0 Å². The number of nitrogens with zero attached hydrogens (tertiary/aromatic N) is 6. The maximum atomic E-state index is 13.5. The Bertz CT molecular complexity index is 1340. The zero-order valence-corrected chi connectivity index (χ0v) is 22.6. The van der Waals surface area contributed by atoms with Gasteiger partial charge in [-0.1, -0.05) is 0 Å². The molecule has 0 aliphatic carbocycles. The van der Waals surface area contributed by atoms with Crippen LogP contribution in [0, 0.1) is 11.3 Å². The lowest BCUT2D eigenvalue weighted by Crippen LogP contribution is -2.48. The Hall–Kier alpha value is -3.80. The second-order valence-corrected chi connectivity index (χ2v) is 10.2. The predicted molar refractivity (Wildman–Crippen MR) is 143 cm³/mol. The van der Waals surface area contributed by atoms with Crippen molar-refractivity contribution in [1.29, 1.82) is 5.26 Å². The fraction of sp³-hybridized carbons (Fsp3) is 0.423. The molecule has 0 bridgehead atoms. The molecule has 40 heavy (non-hydrogen) atoms. The Morgan fingerprint density at radius 2 is 1.77 bits per heavy atom. The Balaban J connectivity index is 1.42. The largest absolute Gasteiger partial charge is 0.492 e. The van der Waals surface area contributed by atoms with Gasteiger partial charge in [0.15, 0.2) is 10.8 Å². The number of hydrogen-bond donors (Lipinski definition) is 1. The molecule has 1 N–H and O–H groups in total. The van der Waals surface area contributed by atoms with Crippen LogP contribution in [0.15, 0.2) is 36.5 Å². The van der Waals surface area contributed by atoms with Gasteiger partial charge in [0, 0.05) is 38.4 Å². The van der Waals surface area contributed by atoms with E-state index in [0.717, 1.165) is 24.2 Å². The van der Waals surface area contributed by atoms with Crippen LogP contribution < -0.4 is 14.5 Å². The van der Waals surface area contributed by atoms with Crippen molar-refractivity contribution in [2.45, 2.75) is 25.6 Å². The Labute approximate surface area is 234 Å². The van der Waals surface area contributed by atoms with Gasteiger partial charge >= 0.3 is 12.1 Å². The molecule has 0 radical (unpaired) electrons. The number of hydrogen-bond acceptors (Lipinski definition) is 8. The van der Waals surface area contributed by atoms with E-state index in [9.17, 15) is 22.8 Å². The van der Waals surface area contributed by atoms with E-state index in [0.29, 0.717) is 43.7 Å². The average Bonchev–Trinajstić information content (AvgIpc) is 3.07. The number of thiocarbonyl (C=S) groups is 1. The first kappa shape index (κ1) is 29.2. The molecule has 1 amide bonds. The van der Waals surface area contributed by atoms with E-state index in [4.69, 9.17) is 27.3 Å². The number of anilines is 2. The standard InChI is InChI=1S/C26H27F3N6O4S/c1-25(2)23(38)34(18-13-20(26(27,28)29)21(14-30)31-15-18)24(40)35(25)17-3-5-19(6-4-17)39-12-11-32-7-9-33(10-8-32)16-22(36)37/h3-6,13,15H,7-12,16H2,1-2H3,(H,36,37). The Morgan fingerprint density at radius 3 is 2.35 bits per heavy atom. The van der Waals surface area contributed by atoms with E-state index in [1.807, 2.05) is 4.90 Å². The normalized spacial score (nSPS) is 18.2. The van der Waals surface area contributed by atoms with Gasteiger partial charge in [-0.05, 0) is 56.4 Å². The topological polar surface area (TPSA) is 113 Å². The summed E-state index contributed by atoms with van der Waals surface area (Å²) in [5.74, 6) is -0.788. The lowest BCUT2D eigenvalue weighted by atomic mass is 10.0. The van der Waals surface area contributed by atoms with Crippen LogP contribution in [0.25, 0.3) is 0 Å². The lowest BCUT2D eigenvalue weighted by molar-refractivity contribution is -0.139. The summed E-state index contributed by atoms with van der Waals surface area (Å²) in [5.41, 5.74) is -2.89. The molecule has 14 heteroatoms. The number of carbonyl (C=O) groups is 2. The van der Waals surface area contributed by atoms with Crippen LogP contribution in [0.3, 0.4) is 0 Å². The Morgan fingerprint density at radius 1 is 1.15 bits per heavy atom. The number of carboxylic acids is 1. The van der Waals surface area contributed by atoms with Crippen molar-refractivity contribution in [2.24, 2.45) is 0 Å². The van der Waals surface area contributed by atoms with Crippen LogP contribution in [-0.2, 0) is 15.8 Å². The van der Waals surface area contributed by atoms with E-state index >= 15 is 0 Å². The zero-order chi connectivity index (χ0) is 29.2. The molecular weight excluding hydrogens is 549 g/mol. The van der Waals surface area contributed by atoms with Gasteiger partial charge in [0.1, 0.15) is 24.0 Å². The summed E-state index contributed by atoms with van der Waals surface area (Å²) < 4.78 is 46.4. The summed E-state index contributed by atoms with van der Waals surface area (Å²) in [6.07, 6.45) is -3.81. The number of aromatic nitrogens is 1. The molecule has 3 heterocycles. The third-order valence-corrected chi connectivity index (χ3v) is 7.17. The molecule has 1 aromatic heterocycles. The number of amides is 1. The molecule has 0 saturated carbocycles. The van der Waals surface area contributed by atoms with Crippen LogP contribution in [0.2, 0.25) is 0 Å². The number of carboxylic acid groups (broad SMARTS) is 1. The molecule has 0 unspecified atom stereocenters. The highest BCUT2D eigenvalue weighted by Gasteiger charge is 2.51. The van der Waals surface area contributed by atoms with Crippen LogP contribution in [0.4, 0.5) is 24.5 Å². The predicted octanol–water partition coefficient (Wildman–Crippen LogP) is 2.97. The maximum absolute atomic E-state index is 13.5. The first-order valence-corrected chi connectivity index (χ1v) is 12.8. The molecule has 0 atom stereocenters. The monoisotopic (exact) mass is 576 g/mol. The molecule has 2 aliphatic heterocycles. The number of piperazine rings is 1. The number of benzene rings is 1. The summed E-state index contributed by atoms with van der Waals surface area (Å²) in [6.45, 7) is 7.22. The summed E-state index contributed by atoms with van der Waals surface area (Å²) in [6, 6.07) is 8.99. The second-order valence-electron chi connectivity index (χ2n) is 9.87. The summed E-state index contributed by atoms with van der Waals surface area (Å²) >= 11 is 5.54. The van der Waals surface area contributed by atoms with E-state index in [1.165, 1.54) is 6.07 Å². The Kier molecular flexibility index (Phi) is 8.29. The van der Waals surface area contributed by atoms with Gasteiger partial charge in [0.05, 0.1) is 24.0 Å². The third-order valence-electron chi connectivity index (χ3n) is 6.81. The molecule has 2 aromatic rings. The zero-order valence-electron chi connectivity index (χ0n) is 21.8. The fourth-order valence-electron chi connectivity index (χ4n) is 4.68. The van der Waals surface area contributed by atoms with E-state index in [1.54, 1.807) is 43.0 Å². The van der Waals surface area contributed by atoms with Gasteiger partial charge < -0.3 is 14.7 Å². The first-order chi connectivity index (χ1) is 18.8. The van der Waals surface area contributed by atoms with Gasteiger partial charge in [-0.25, -0.2) is 4.98 Å². The fourth-order valence-corrected chi connectivity index (χ4v) is 5.21. The molecule has 1 aromatic carbocycles. The highest BCUT2D eigenvalue weighted by atomic mass is 32.1. The number of ether oxygens (including phenoxy) is 1. The van der Waals surface area contributed by atoms with E-state index in [-0.39, 0.29) is 17.3 Å². The minimum Gasteiger partial charge on any atom is -0.492 e. The van der Waals surface area contributed by atoms with Crippen molar-refractivity contribution < 1.29 is 32.6 Å². The van der Waals surface area contributed by atoms with Crippen molar-refractivity contribution >= 4 is 40.6 Å². The quantitative estimate of drug-likeness (QED) is 0.471. The number of alkyl halides is 3. The van der Waals surface area contributed by atoms with E-state index < -0.39 is 34.8 Å². The highest BCUT2D eigenvalue weighted by Crippen LogP contribution is 2.39. The van der Waals surface area contributed by atoms with Crippen molar-refractivity contribution in [1.82, 2.24) is 14.8 Å². The van der Waals surface area contributed by atoms with Crippen molar-refractivity contribution in [3.63, 3.8) is 0 Å². The van der Waals surface area contributed by atoms with Gasteiger partial charge in [-0.3, -0.25) is 24.3 Å². The van der Waals surface area contributed by atoms with Crippen molar-refractivity contribution in [3.8, 4) is 11.8 Å². The summed E-state index contributed by atoms with van der Waals surface area (Å²) in [7, 11) is 0. The second kappa shape index (κ2) is 11.4. The van der Waals surface area contributed by atoms with Crippen LogP contribution in [0.5, 0.6) is 5.75 Å². The van der Waals surface area contributed by atoms with Gasteiger partial charge in [-0.2, -0.15) is 18.4 Å². The van der Waals surface area contributed by atoms with Crippen LogP contribution in [-0.4, -0.2) is 88.3 Å². The average molecular weight is 577 g/mol. The van der Waals surface area contributed by atoms with E-state index in [2.05, 4.69) is 9.88 Å². The molecule has 2 aliphatic rings. The molecule has 10 nitrogen and oxygen atoms in total. The maximum Gasteiger partial charge on any atom is 0.419 e. The minimum atomic E-state index is -4.84.